The number of anilines is 1. The Morgan fingerprint density at radius 2 is 1.84 bits per heavy atom. The lowest BCUT2D eigenvalue weighted by Crippen LogP contribution is -2.34. The summed E-state index contributed by atoms with van der Waals surface area (Å²) in [4.78, 5) is 22.7. The number of carboxylic acids is 1. The fraction of sp³-hybridized carbons (Fsp3) is 0.429. The quantitative estimate of drug-likeness (QED) is 0.828. The summed E-state index contributed by atoms with van der Waals surface area (Å²) in [6.07, 6.45) is -0.510. The summed E-state index contributed by atoms with van der Waals surface area (Å²) in [7, 11) is 0. The molecule has 1 atom stereocenters. The number of ether oxygens (including phenoxy) is 1. The van der Waals surface area contributed by atoms with Gasteiger partial charge in [-0.2, -0.15) is 0 Å². The molecule has 5 nitrogen and oxygen atoms in total. The van der Waals surface area contributed by atoms with Crippen LogP contribution in [-0.4, -0.2) is 29.7 Å². The molecule has 0 bridgehead atoms. The van der Waals surface area contributed by atoms with Crippen molar-refractivity contribution in [3.63, 3.8) is 0 Å². The lowest BCUT2D eigenvalue weighted by Gasteiger charge is -2.20. The Bertz CT molecular complexity index is 439. The van der Waals surface area contributed by atoms with Gasteiger partial charge in [-0.1, -0.05) is 13.8 Å². The minimum absolute atomic E-state index is 0.0678. The maximum Gasteiger partial charge on any atom is 0.335 e. The van der Waals surface area contributed by atoms with E-state index >= 15 is 0 Å². The first kappa shape index (κ1) is 15.2. The summed E-state index contributed by atoms with van der Waals surface area (Å²) >= 11 is 0. The summed E-state index contributed by atoms with van der Waals surface area (Å²) in [6.45, 7) is 6.12. The Hall–Kier alpha value is -1.88. The fourth-order valence-corrected chi connectivity index (χ4v) is 1.66. The molecule has 0 fully saturated rings. The summed E-state index contributed by atoms with van der Waals surface area (Å²) in [6, 6.07) is 6.02. The number of aromatic carboxylic acids is 1. The van der Waals surface area contributed by atoms with Crippen molar-refractivity contribution in [3.05, 3.63) is 29.8 Å². The van der Waals surface area contributed by atoms with Crippen molar-refractivity contribution in [2.75, 3.05) is 11.9 Å². The van der Waals surface area contributed by atoms with Crippen LogP contribution in [0.4, 0.5) is 5.69 Å². The highest BCUT2D eigenvalue weighted by molar-refractivity contribution is 5.95. The summed E-state index contributed by atoms with van der Waals surface area (Å²) in [5.74, 6) is -1.15. The second-order valence-corrected chi connectivity index (χ2v) is 4.49. The zero-order valence-electron chi connectivity index (χ0n) is 11.3. The SMILES string of the molecule is CCOC(C(=O)Nc1ccc(C(=O)O)cc1)C(C)C. The molecular formula is C14H19NO4. The molecular weight excluding hydrogens is 246 g/mol. The van der Waals surface area contributed by atoms with Gasteiger partial charge in [-0.3, -0.25) is 4.79 Å². The molecule has 0 saturated carbocycles. The number of benzene rings is 1. The van der Waals surface area contributed by atoms with Crippen LogP contribution in [0, 0.1) is 5.92 Å². The van der Waals surface area contributed by atoms with Gasteiger partial charge in [-0.25, -0.2) is 4.79 Å². The van der Waals surface area contributed by atoms with E-state index in [1.54, 1.807) is 12.1 Å². The van der Waals surface area contributed by atoms with Crippen LogP contribution in [0.3, 0.4) is 0 Å². The molecule has 5 heteroatoms. The van der Waals surface area contributed by atoms with E-state index in [4.69, 9.17) is 9.84 Å². The highest BCUT2D eigenvalue weighted by Crippen LogP contribution is 2.13. The van der Waals surface area contributed by atoms with Crippen LogP contribution in [0.25, 0.3) is 0 Å². The topological polar surface area (TPSA) is 75.6 Å². The number of carbonyl (C=O) groups excluding carboxylic acids is 1. The molecule has 0 aliphatic rings. The van der Waals surface area contributed by atoms with E-state index in [9.17, 15) is 9.59 Å². The largest absolute Gasteiger partial charge is 0.478 e. The van der Waals surface area contributed by atoms with E-state index in [1.807, 2.05) is 20.8 Å². The molecule has 1 aromatic rings. The van der Waals surface area contributed by atoms with Crippen LogP contribution < -0.4 is 5.32 Å². The average molecular weight is 265 g/mol. The summed E-state index contributed by atoms with van der Waals surface area (Å²) in [5.41, 5.74) is 0.739. The Morgan fingerprint density at radius 1 is 1.26 bits per heavy atom. The van der Waals surface area contributed by atoms with E-state index in [0.717, 1.165) is 0 Å². The molecule has 1 amide bonds. The molecule has 1 unspecified atom stereocenters. The average Bonchev–Trinajstić information content (AvgIpc) is 2.36. The maximum absolute atomic E-state index is 12.0. The van der Waals surface area contributed by atoms with Crippen molar-refractivity contribution in [1.29, 1.82) is 0 Å². The Morgan fingerprint density at radius 3 is 2.26 bits per heavy atom. The third-order valence-corrected chi connectivity index (χ3v) is 2.61. The molecule has 0 heterocycles. The van der Waals surface area contributed by atoms with Crippen molar-refractivity contribution in [1.82, 2.24) is 0 Å². The van der Waals surface area contributed by atoms with Gasteiger partial charge in [0.2, 0.25) is 0 Å². The van der Waals surface area contributed by atoms with Crippen LogP contribution in [0.2, 0.25) is 0 Å². The third kappa shape index (κ3) is 4.37. The Balaban J connectivity index is 2.72. The molecule has 19 heavy (non-hydrogen) atoms. The second kappa shape index (κ2) is 6.89. The second-order valence-electron chi connectivity index (χ2n) is 4.49. The Labute approximate surface area is 112 Å². The molecule has 1 aromatic carbocycles. The van der Waals surface area contributed by atoms with Gasteiger partial charge in [0.25, 0.3) is 5.91 Å². The van der Waals surface area contributed by atoms with Crippen molar-refractivity contribution >= 4 is 17.6 Å². The van der Waals surface area contributed by atoms with Crippen molar-refractivity contribution in [2.24, 2.45) is 5.92 Å². The lowest BCUT2D eigenvalue weighted by atomic mass is 10.1. The van der Waals surface area contributed by atoms with Crippen molar-refractivity contribution < 1.29 is 19.4 Å². The van der Waals surface area contributed by atoms with E-state index in [0.29, 0.717) is 12.3 Å². The number of carbonyl (C=O) groups is 2. The number of rotatable bonds is 6. The highest BCUT2D eigenvalue weighted by Gasteiger charge is 2.22. The first-order chi connectivity index (χ1) is 8.95. The van der Waals surface area contributed by atoms with E-state index < -0.39 is 12.1 Å². The van der Waals surface area contributed by atoms with Crippen LogP contribution in [-0.2, 0) is 9.53 Å². The van der Waals surface area contributed by atoms with Gasteiger partial charge in [0.1, 0.15) is 6.10 Å². The zero-order chi connectivity index (χ0) is 14.4. The lowest BCUT2D eigenvalue weighted by molar-refractivity contribution is -0.129. The highest BCUT2D eigenvalue weighted by atomic mass is 16.5. The monoisotopic (exact) mass is 265 g/mol. The minimum Gasteiger partial charge on any atom is -0.478 e. The number of nitrogens with one attached hydrogen (secondary N) is 1. The smallest absolute Gasteiger partial charge is 0.335 e. The number of hydrogen-bond acceptors (Lipinski definition) is 3. The van der Waals surface area contributed by atoms with Crippen molar-refractivity contribution in [3.8, 4) is 0 Å². The molecule has 2 N–H and O–H groups in total. The van der Waals surface area contributed by atoms with E-state index in [2.05, 4.69) is 5.32 Å². The first-order valence-electron chi connectivity index (χ1n) is 6.21. The van der Waals surface area contributed by atoms with Crippen molar-refractivity contribution in [2.45, 2.75) is 26.9 Å². The predicted octanol–water partition coefficient (Wildman–Crippen LogP) is 2.38. The van der Waals surface area contributed by atoms with Gasteiger partial charge in [-0.05, 0) is 37.1 Å². The van der Waals surface area contributed by atoms with Gasteiger partial charge in [0.05, 0.1) is 5.56 Å². The van der Waals surface area contributed by atoms with Gasteiger partial charge in [0.15, 0.2) is 0 Å². The normalized spacial score (nSPS) is 12.2. The maximum atomic E-state index is 12.0. The molecule has 0 radical (unpaired) electrons. The molecule has 0 aliphatic carbocycles. The molecule has 0 aliphatic heterocycles. The number of hydrogen-bond donors (Lipinski definition) is 2. The Kier molecular flexibility index (Phi) is 5.51. The van der Waals surface area contributed by atoms with Gasteiger partial charge in [0, 0.05) is 12.3 Å². The van der Waals surface area contributed by atoms with E-state index in [-0.39, 0.29) is 17.4 Å². The zero-order valence-corrected chi connectivity index (χ0v) is 11.3. The number of carboxylic acid groups (broad SMARTS) is 1. The van der Waals surface area contributed by atoms with Gasteiger partial charge in [-0.15, -0.1) is 0 Å². The molecule has 104 valence electrons. The predicted molar refractivity (Wildman–Crippen MR) is 72.3 cm³/mol. The fourth-order valence-electron chi connectivity index (χ4n) is 1.66. The molecule has 0 saturated heterocycles. The van der Waals surface area contributed by atoms with Crippen LogP contribution >= 0.6 is 0 Å². The molecule has 1 rings (SSSR count). The van der Waals surface area contributed by atoms with E-state index in [1.165, 1.54) is 12.1 Å². The third-order valence-electron chi connectivity index (χ3n) is 2.61. The van der Waals surface area contributed by atoms with Crippen LogP contribution in [0.1, 0.15) is 31.1 Å². The number of amides is 1. The summed E-state index contributed by atoms with van der Waals surface area (Å²) < 4.78 is 5.39. The van der Waals surface area contributed by atoms with Crippen LogP contribution in [0.15, 0.2) is 24.3 Å². The standard InChI is InChI=1S/C14H19NO4/c1-4-19-12(9(2)3)13(16)15-11-7-5-10(6-8-11)14(17)18/h5-9,12H,4H2,1-3H3,(H,15,16)(H,17,18). The molecule has 0 aromatic heterocycles. The van der Waals surface area contributed by atoms with Gasteiger partial charge >= 0.3 is 5.97 Å². The first-order valence-corrected chi connectivity index (χ1v) is 6.21. The van der Waals surface area contributed by atoms with Crippen LogP contribution in [0.5, 0.6) is 0 Å². The van der Waals surface area contributed by atoms with Gasteiger partial charge < -0.3 is 15.2 Å². The minimum atomic E-state index is -0.993. The summed E-state index contributed by atoms with van der Waals surface area (Å²) in [5, 5.41) is 11.5. The molecule has 0 spiro atoms.